The molecule has 1 aromatic carbocycles. The Morgan fingerprint density at radius 2 is 2.25 bits per heavy atom. The fourth-order valence-corrected chi connectivity index (χ4v) is 3.44. The molecule has 0 radical (unpaired) electrons. The Morgan fingerprint density at radius 1 is 1.50 bits per heavy atom. The average molecular weight is 309 g/mol. The van der Waals surface area contributed by atoms with Crippen molar-refractivity contribution >= 4 is 29.0 Å². The molecule has 20 heavy (non-hydrogen) atoms. The van der Waals surface area contributed by atoms with E-state index < -0.39 is 0 Å². The van der Waals surface area contributed by atoms with Crippen LogP contribution in [0.5, 0.6) is 5.75 Å². The second-order valence-corrected chi connectivity index (χ2v) is 6.71. The topological polar surface area (TPSA) is 66.3 Å². The fourth-order valence-electron chi connectivity index (χ4n) is 1.70. The highest BCUT2D eigenvalue weighted by atomic mass is 32.2. The number of carbonyl (C=O) groups excluding carboxylic acids is 1. The predicted octanol–water partition coefficient (Wildman–Crippen LogP) is 2.38. The first-order valence-electron chi connectivity index (χ1n) is 6.02. The Labute approximate surface area is 125 Å². The number of aromatic hydroxyl groups is 1. The van der Waals surface area contributed by atoms with Crippen LogP contribution >= 0.6 is 23.1 Å². The highest BCUT2D eigenvalue weighted by Crippen LogP contribution is 2.26. The Morgan fingerprint density at radius 3 is 2.90 bits per heavy atom. The maximum Gasteiger partial charge on any atom is 0.235 e. The monoisotopic (exact) mass is 309 g/mol. The highest BCUT2D eigenvalue weighted by molar-refractivity contribution is 8.02. The summed E-state index contributed by atoms with van der Waals surface area (Å²) in [4.78, 5) is 13.9. The van der Waals surface area contributed by atoms with E-state index in [9.17, 15) is 9.90 Å². The summed E-state index contributed by atoms with van der Waals surface area (Å²) in [6.07, 6.45) is 0. The van der Waals surface area contributed by atoms with Gasteiger partial charge < -0.3 is 10.0 Å². The van der Waals surface area contributed by atoms with E-state index in [-0.39, 0.29) is 16.9 Å². The molecule has 0 spiro atoms. The molecule has 0 aliphatic rings. The SMILES string of the molecule is C[C@@H](Sc1nncs1)C(=O)N(C)Cc1ccccc1O. The van der Waals surface area contributed by atoms with Gasteiger partial charge >= 0.3 is 0 Å². The number of para-hydroxylation sites is 1. The van der Waals surface area contributed by atoms with Crippen molar-refractivity contribution in [3.63, 3.8) is 0 Å². The van der Waals surface area contributed by atoms with E-state index >= 15 is 0 Å². The second kappa shape index (κ2) is 6.71. The number of aromatic nitrogens is 2. The molecule has 0 unspecified atom stereocenters. The van der Waals surface area contributed by atoms with Crippen molar-refractivity contribution in [1.29, 1.82) is 0 Å². The van der Waals surface area contributed by atoms with Crippen LogP contribution in [0.4, 0.5) is 0 Å². The second-order valence-electron chi connectivity index (χ2n) is 4.29. The van der Waals surface area contributed by atoms with Gasteiger partial charge in [0.15, 0.2) is 4.34 Å². The van der Waals surface area contributed by atoms with Gasteiger partial charge in [0, 0.05) is 19.2 Å². The molecule has 0 saturated heterocycles. The van der Waals surface area contributed by atoms with Gasteiger partial charge in [-0.05, 0) is 13.0 Å². The lowest BCUT2D eigenvalue weighted by atomic mass is 10.2. The van der Waals surface area contributed by atoms with E-state index in [1.54, 1.807) is 29.6 Å². The molecule has 1 N–H and O–H groups in total. The van der Waals surface area contributed by atoms with Crippen LogP contribution in [0.3, 0.4) is 0 Å². The first kappa shape index (κ1) is 14.8. The summed E-state index contributed by atoms with van der Waals surface area (Å²) in [7, 11) is 1.73. The number of amides is 1. The largest absolute Gasteiger partial charge is 0.508 e. The maximum atomic E-state index is 12.3. The molecule has 2 aromatic rings. The Kier molecular flexibility index (Phi) is 4.97. The predicted molar refractivity (Wildman–Crippen MR) is 79.8 cm³/mol. The molecule has 1 atom stereocenters. The lowest BCUT2D eigenvalue weighted by Crippen LogP contribution is -2.32. The molecule has 1 heterocycles. The molecule has 5 nitrogen and oxygen atoms in total. The molecule has 0 saturated carbocycles. The van der Waals surface area contributed by atoms with Crippen LogP contribution in [-0.4, -0.2) is 38.4 Å². The number of phenolic OH excluding ortho intramolecular Hbond substituents is 1. The number of hydrogen-bond donors (Lipinski definition) is 1. The quantitative estimate of drug-likeness (QED) is 0.859. The van der Waals surface area contributed by atoms with Crippen LogP contribution in [0.25, 0.3) is 0 Å². The summed E-state index contributed by atoms with van der Waals surface area (Å²) in [5.41, 5.74) is 2.38. The van der Waals surface area contributed by atoms with E-state index in [0.29, 0.717) is 6.54 Å². The van der Waals surface area contributed by atoms with Gasteiger partial charge in [-0.3, -0.25) is 4.79 Å². The standard InChI is InChI=1S/C13H15N3O2S2/c1-9(20-13-15-14-8-19-13)12(18)16(2)7-10-5-3-4-6-11(10)17/h3-6,8-9,17H,7H2,1-2H3/t9-/m1/s1. The molecule has 7 heteroatoms. The summed E-state index contributed by atoms with van der Waals surface area (Å²) in [5, 5.41) is 17.2. The first-order chi connectivity index (χ1) is 9.58. The Balaban J connectivity index is 1.96. The smallest absolute Gasteiger partial charge is 0.235 e. The number of thioether (sulfide) groups is 1. The van der Waals surface area contributed by atoms with Gasteiger partial charge in [-0.15, -0.1) is 10.2 Å². The molecule has 106 valence electrons. The summed E-state index contributed by atoms with van der Waals surface area (Å²) in [6.45, 7) is 2.22. The van der Waals surface area contributed by atoms with Crippen molar-refractivity contribution in [2.45, 2.75) is 23.1 Å². The van der Waals surface area contributed by atoms with Crippen molar-refractivity contribution in [1.82, 2.24) is 15.1 Å². The lowest BCUT2D eigenvalue weighted by molar-refractivity contribution is -0.129. The molecule has 1 amide bonds. The summed E-state index contributed by atoms with van der Waals surface area (Å²) < 4.78 is 0.779. The molecule has 2 rings (SSSR count). The van der Waals surface area contributed by atoms with Gasteiger partial charge in [0.1, 0.15) is 11.3 Å². The van der Waals surface area contributed by atoms with Gasteiger partial charge in [-0.1, -0.05) is 41.3 Å². The number of carbonyl (C=O) groups is 1. The Bertz CT molecular complexity index is 575. The summed E-state index contributed by atoms with van der Waals surface area (Å²) >= 11 is 2.81. The molecule has 0 bridgehead atoms. The third kappa shape index (κ3) is 3.71. The molecule has 0 fully saturated rings. The van der Waals surface area contributed by atoms with Crippen molar-refractivity contribution in [2.75, 3.05) is 7.05 Å². The lowest BCUT2D eigenvalue weighted by Gasteiger charge is -2.21. The zero-order valence-electron chi connectivity index (χ0n) is 11.2. The minimum absolute atomic E-state index is 0.00606. The van der Waals surface area contributed by atoms with Gasteiger partial charge in [0.2, 0.25) is 5.91 Å². The Hall–Kier alpha value is -1.60. The maximum absolute atomic E-state index is 12.3. The molecule has 1 aromatic heterocycles. The van der Waals surface area contributed by atoms with Gasteiger partial charge in [-0.2, -0.15) is 0 Å². The first-order valence-corrected chi connectivity index (χ1v) is 7.78. The van der Waals surface area contributed by atoms with Crippen LogP contribution < -0.4 is 0 Å². The fraction of sp³-hybridized carbons (Fsp3) is 0.308. The zero-order chi connectivity index (χ0) is 14.5. The average Bonchev–Trinajstić information content (AvgIpc) is 2.93. The van der Waals surface area contributed by atoms with Crippen molar-refractivity contribution in [3.8, 4) is 5.75 Å². The molecular weight excluding hydrogens is 294 g/mol. The normalized spacial score (nSPS) is 12.1. The number of rotatable bonds is 5. The summed E-state index contributed by atoms with van der Waals surface area (Å²) in [5.74, 6) is 0.199. The third-order valence-electron chi connectivity index (χ3n) is 2.74. The van der Waals surface area contributed by atoms with E-state index in [4.69, 9.17) is 0 Å². The molecular formula is C13H15N3O2S2. The van der Waals surface area contributed by atoms with Gasteiger partial charge in [0.25, 0.3) is 0 Å². The minimum atomic E-state index is -0.237. The van der Waals surface area contributed by atoms with E-state index in [1.807, 2.05) is 19.1 Å². The molecule has 0 aliphatic carbocycles. The third-order valence-corrected chi connectivity index (χ3v) is 4.64. The van der Waals surface area contributed by atoms with E-state index in [1.165, 1.54) is 23.1 Å². The van der Waals surface area contributed by atoms with Gasteiger partial charge in [0.05, 0.1) is 5.25 Å². The zero-order valence-corrected chi connectivity index (χ0v) is 12.8. The van der Waals surface area contributed by atoms with Crippen LogP contribution in [0.1, 0.15) is 12.5 Å². The number of nitrogens with zero attached hydrogens (tertiary/aromatic N) is 3. The van der Waals surface area contributed by atoms with Crippen LogP contribution in [-0.2, 0) is 11.3 Å². The number of benzene rings is 1. The van der Waals surface area contributed by atoms with Crippen LogP contribution in [0.2, 0.25) is 0 Å². The minimum Gasteiger partial charge on any atom is -0.508 e. The highest BCUT2D eigenvalue weighted by Gasteiger charge is 2.20. The van der Waals surface area contributed by atoms with Crippen molar-refractivity contribution in [2.24, 2.45) is 0 Å². The van der Waals surface area contributed by atoms with Crippen molar-refractivity contribution in [3.05, 3.63) is 35.3 Å². The van der Waals surface area contributed by atoms with E-state index in [0.717, 1.165) is 9.90 Å². The van der Waals surface area contributed by atoms with Crippen molar-refractivity contribution < 1.29 is 9.90 Å². The number of phenols is 1. The van der Waals surface area contributed by atoms with Crippen LogP contribution in [0, 0.1) is 0 Å². The van der Waals surface area contributed by atoms with Crippen LogP contribution in [0.15, 0.2) is 34.1 Å². The molecule has 0 aliphatic heterocycles. The van der Waals surface area contributed by atoms with Gasteiger partial charge in [-0.25, -0.2) is 0 Å². The summed E-state index contributed by atoms with van der Waals surface area (Å²) in [6, 6.07) is 7.02. The van der Waals surface area contributed by atoms with E-state index in [2.05, 4.69) is 10.2 Å². The number of hydrogen-bond acceptors (Lipinski definition) is 6.